The van der Waals surface area contributed by atoms with Gasteiger partial charge in [-0.25, -0.2) is 0 Å². The van der Waals surface area contributed by atoms with E-state index in [-0.39, 0.29) is 5.41 Å². The highest BCUT2D eigenvalue weighted by molar-refractivity contribution is 5.53. The summed E-state index contributed by atoms with van der Waals surface area (Å²) in [4.78, 5) is 0. The first-order valence-corrected chi connectivity index (χ1v) is 9.71. The topological polar surface area (TPSA) is 0 Å². The van der Waals surface area contributed by atoms with E-state index in [0.717, 1.165) is 12.0 Å². The Morgan fingerprint density at radius 3 is 1.29 bits per heavy atom. The summed E-state index contributed by atoms with van der Waals surface area (Å²) in [5.41, 5.74) is 6.12. The Hall–Kier alpha value is -3.38. The van der Waals surface area contributed by atoms with E-state index < -0.39 is 0 Å². The van der Waals surface area contributed by atoms with Crippen molar-refractivity contribution < 1.29 is 0 Å². The first-order chi connectivity index (χ1) is 13.8. The van der Waals surface area contributed by atoms with Crippen molar-refractivity contribution in [1.29, 1.82) is 0 Å². The second kappa shape index (κ2) is 8.10. The zero-order valence-corrected chi connectivity index (χ0v) is 16.0. The van der Waals surface area contributed by atoms with Crippen molar-refractivity contribution in [3.63, 3.8) is 0 Å². The molecule has 28 heavy (non-hydrogen) atoms. The maximum atomic E-state index is 3.88. The molecule has 4 rings (SSSR count). The fourth-order valence-corrected chi connectivity index (χ4v) is 4.05. The van der Waals surface area contributed by atoms with Crippen molar-refractivity contribution in [3.8, 4) is 0 Å². The van der Waals surface area contributed by atoms with E-state index in [1.54, 1.807) is 0 Å². The first-order valence-electron chi connectivity index (χ1n) is 9.71. The summed E-state index contributed by atoms with van der Waals surface area (Å²) in [6.07, 6.45) is 2.78. The van der Waals surface area contributed by atoms with Crippen LogP contribution in [0.3, 0.4) is 0 Å². The van der Waals surface area contributed by atoms with Gasteiger partial charge in [0.1, 0.15) is 0 Å². The molecule has 0 aromatic heterocycles. The van der Waals surface area contributed by atoms with Crippen molar-refractivity contribution >= 4 is 6.08 Å². The molecule has 0 heteroatoms. The summed E-state index contributed by atoms with van der Waals surface area (Å²) in [5.74, 6) is 0. The van der Waals surface area contributed by atoms with Crippen molar-refractivity contribution in [3.05, 3.63) is 150 Å². The highest BCUT2D eigenvalue weighted by Crippen LogP contribution is 2.42. The molecule has 0 radical (unpaired) electrons. The molecular formula is C28H24. The van der Waals surface area contributed by atoms with Gasteiger partial charge in [-0.3, -0.25) is 0 Å². The van der Waals surface area contributed by atoms with E-state index in [1.807, 2.05) is 6.08 Å². The highest BCUT2D eigenvalue weighted by Gasteiger charge is 2.36. The van der Waals surface area contributed by atoms with Gasteiger partial charge in [-0.2, -0.15) is 0 Å². The maximum absolute atomic E-state index is 3.88. The molecule has 0 N–H and O–H groups in total. The molecule has 0 aliphatic rings. The molecule has 4 aromatic carbocycles. The van der Waals surface area contributed by atoms with Crippen LogP contribution in [0.5, 0.6) is 0 Å². The molecule has 0 spiro atoms. The van der Waals surface area contributed by atoms with E-state index in [1.165, 1.54) is 22.3 Å². The number of benzene rings is 4. The van der Waals surface area contributed by atoms with Crippen LogP contribution in [-0.4, -0.2) is 0 Å². The lowest BCUT2D eigenvalue weighted by atomic mass is 9.66. The second-order valence-corrected chi connectivity index (χ2v) is 7.13. The van der Waals surface area contributed by atoms with E-state index in [2.05, 4.69) is 122 Å². The average Bonchev–Trinajstić information content (AvgIpc) is 2.80. The zero-order chi connectivity index (χ0) is 19.2. The van der Waals surface area contributed by atoms with Crippen molar-refractivity contribution in [2.75, 3.05) is 0 Å². The van der Waals surface area contributed by atoms with Crippen LogP contribution >= 0.6 is 0 Å². The minimum Gasteiger partial charge on any atom is -0.0985 e. The SMILES string of the molecule is C=Cc1ccc(CC(c2ccccc2)(c2ccccc2)c2ccccc2)cc1. The lowest BCUT2D eigenvalue weighted by molar-refractivity contribution is 0.613. The summed E-state index contributed by atoms with van der Waals surface area (Å²) in [6, 6.07) is 41.3. The van der Waals surface area contributed by atoms with Gasteiger partial charge in [0.2, 0.25) is 0 Å². The van der Waals surface area contributed by atoms with Crippen molar-refractivity contribution in [2.45, 2.75) is 11.8 Å². The molecule has 0 nitrogen and oxygen atoms in total. The minimum absolute atomic E-state index is 0.251. The largest absolute Gasteiger partial charge is 0.0985 e. The van der Waals surface area contributed by atoms with Crippen LogP contribution in [-0.2, 0) is 11.8 Å². The summed E-state index contributed by atoms with van der Waals surface area (Å²) in [5, 5.41) is 0. The quantitative estimate of drug-likeness (QED) is 0.328. The Morgan fingerprint density at radius 1 is 0.536 bits per heavy atom. The molecule has 0 saturated heterocycles. The van der Waals surface area contributed by atoms with Crippen LogP contribution in [0.15, 0.2) is 122 Å². The third-order valence-electron chi connectivity index (χ3n) is 5.48. The third kappa shape index (κ3) is 3.42. The number of hydrogen-bond acceptors (Lipinski definition) is 0. The van der Waals surface area contributed by atoms with Gasteiger partial charge in [0.05, 0.1) is 0 Å². The third-order valence-corrected chi connectivity index (χ3v) is 5.48. The fraction of sp³-hybridized carbons (Fsp3) is 0.0714. The summed E-state index contributed by atoms with van der Waals surface area (Å²) >= 11 is 0. The Labute approximate surface area is 167 Å². The molecule has 0 bridgehead atoms. The lowest BCUT2D eigenvalue weighted by Gasteiger charge is -2.36. The predicted molar refractivity (Wildman–Crippen MR) is 119 cm³/mol. The Bertz CT molecular complexity index is 917. The molecule has 0 amide bonds. The summed E-state index contributed by atoms with van der Waals surface area (Å²) in [6.45, 7) is 3.88. The predicted octanol–water partition coefficient (Wildman–Crippen LogP) is 6.91. The van der Waals surface area contributed by atoms with Gasteiger partial charge in [0.15, 0.2) is 0 Å². The van der Waals surface area contributed by atoms with Crippen LogP contribution in [0.25, 0.3) is 6.08 Å². The van der Waals surface area contributed by atoms with Crippen LogP contribution < -0.4 is 0 Å². The number of hydrogen-bond donors (Lipinski definition) is 0. The summed E-state index contributed by atoms with van der Waals surface area (Å²) < 4.78 is 0. The Morgan fingerprint density at radius 2 is 0.929 bits per heavy atom. The molecule has 0 unspecified atom stereocenters. The van der Waals surface area contributed by atoms with Gasteiger partial charge in [0.25, 0.3) is 0 Å². The van der Waals surface area contributed by atoms with E-state index >= 15 is 0 Å². The van der Waals surface area contributed by atoms with Crippen LogP contribution in [0.1, 0.15) is 27.8 Å². The van der Waals surface area contributed by atoms with Crippen LogP contribution in [0.2, 0.25) is 0 Å². The zero-order valence-electron chi connectivity index (χ0n) is 16.0. The van der Waals surface area contributed by atoms with E-state index in [4.69, 9.17) is 0 Å². The molecule has 0 aliphatic heterocycles. The van der Waals surface area contributed by atoms with Gasteiger partial charge >= 0.3 is 0 Å². The molecule has 4 aromatic rings. The maximum Gasteiger partial charge on any atom is 0.0491 e. The molecule has 0 heterocycles. The lowest BCUT2D eigenvalue weighted by Crippen LogP contribution is -2.32. The molecular weight excluding hydrogens is 336 g/mol. The van der Waals surface area contributed by atoms with Gasteiger partial charge in [-0.1, -0.05) is 128 Å². The van der Waals surface area contributed by atoms with Gasteiger partial charge in [-0.15, -0.1) is 0 Å². The van der Waals surface area contributed by atoms with Crippen molar-refractivity contribution in [1.82, 2.24) is 0 Å². The smallest absolute Gasteiger partial charge is 0.0491 e. The van der Waals surface area contributed by atoms with Gasteiger partial charge in [-0.05, 0) is 34.2 Å². The molecule has 0 fully saturated rings. The number of rotatable bonds is 6. The fourth-order valence-electron chi connectivity index (χ4n) is 4.05. The monoisotopic (exact) mass is 360 g/mol. The van der Waals surface area contributed by atoms with Crippen molar-refractivity contribution in [2.24, 2.45) is 0 Å². The standard InChI is InChI=1S/C28H24/c1-2-23-18-20-24(21-19-23)22-28(25-12-6-3-7-13-25,26-14-8-4-9-15-26)27-16-10-5-11-17-27/h2-21H,1,22H2. The Balaban J connectivity index is 1.96. The molecule has 0 atom stereocenters. The van der Waals surface area contributed by atoms with Crippen LogP contribution in [0, 0.1) is 0 Å². The van der Waals surface area contributed by atoms with E-state index in [0.29, 0.717) is 0 Å². The minimum atomic E-state index is -0.251. The normalized spacial score (nSPS) is 11.1. The second-order valence-electron chi connectivity index (χ2n) is 7.13. The van der Waals surface area contributed by atoms with Gasteiger partial charge < -0.3 is 0 Å². The molecule has 136 valence electrons. The summed E-state index contributed by atoms with van der Waals surface area (Å²) in [7, 11) is 0. The highest BCUT2D eigenvalue weighted by atomic mass is 14.4. The van der Waals surface area contributed by atoms with E-state index in [9.17, 15) is 0 Å². The van der Waals surface area contributed by atoms with Gasteiger partial charge in [0, 0.05) is 5.41 Å². The Kier molecular flexibility index (Phi) is 5.21. The molecule has 0 aliphatic carbocycles. The average molecular weight is 361 g/mol. The molecule has 0 saturated carbocycles. The first kappa shape index (κ1) is 18.0. The van der Waals surface area contributed by atoms with Crippen LogP contribution in [0.4, 0.5) is 0 Å².